The van der Waals surface area contributed by atoms with Crippen LogP contribution in [0.1, 0.15) is 23.2 Å². The number of nitrogens with zero attached hydrogens (tertiary/aromatic N) is 5. The highest BCUT2D eigenvalue weighted by atomic mass is 16.5. The number of rotatable bonds is 4. The second-order valence-electron chi connectivity index (χ2n) is 7.45. The molecule has 0 unspecified atom stereocenters. The summed E-state index contributed by atoms with van der Waals surface area (Å²) in [5.74, 6) is 0.740. The predicted octanol–water partition coefficient (Wildman–Crippen LogP) is 3.06. The Morgan fingerprint density at radius 3 is 2.83 bits per heavy atom. The van der Waals surface area contributed by atoms with Gasteiger partial charge in [-0.1, -0.05) is 0 Å². The first kappa shape index (κ1) is 18.5. The predicted molar refractivity (Wildman–Crippen MR) is 112 cm³/mol. The fourth-order valence-electron chi connectivity index (χ4n) is 3.97. The molecule has 0 spiro atoms. The van der Waals surface area contributed by atoms with Crippen molar-refractivity contribution >= 4 is 16.9 Å². The summed E-state index contributed by atoms with van der Waals surface area (Å²) in [6, 6.07) is 11.9. The van der Waals surface area contributed by atoms with E-state index in [1.54, 1.807) is 13.3 Å². The van der Waals surface area contributed by atoms with Crippen LogP contribution in [-0.4, -0.2) is 61.8 Å². The van der Waals surface area contributed by atoms with Crippen LogP contribution in [0.5, 0.6) is 0 Å². The number of ether oxygens (including phenoxy) is 1. The number of amides is 1. The maximum Gasteiger partial charge on any atom is 0.255 e. The molecule has 1 aliphatic heterocycles. The number of piperidine rings is 1. The number of hydrogen-bond donors (Lipinski definition) is 1. The van der Waals surface area contributed by atoms with E-state index in [0.29, 0.717) is 12.1 Å². The van der Waals surface area contributed by atoms with Gasteiger partial charge in [0.1, 0.15) is 12.0 Å². The van der Waals surface area contributed by atoms with Gasteiger partial charge in [0.05, 0.1) is 11.7 Å². The van der Waals surface area contributed by atoms with Crippen molar-refractivity contribution in [2.24, 2.45) is 0 Å². The van der Waals surface area contributed by atoms with Crippen LogP contribution in [0.3, 0.4) is 0 Å². The van der Waals surface area contributed by atoms with Gasteiger partial charge < -0.3 is 14.2 Å². The van der Waals surface area contributed by atoms with Crippen molar-refractivity contribution in [3.8, 4) is 17.1 Å². The van der Waals surface area contributed by atoms with Crippen LogP contribution in [0.25, 0.3) is 28.1 Å². The number of nitrogens with one attached hydrogen (secondary N) is 1. The number of aromatic amines is 1. The lowest BCUT2D eigenvalue weighted by Gasteiger charge is -2.31. The number of carbonyl (C=O) groups is 1. The van der Waals surface area contributed by atoms with Crippen LogP contribution in [0.2, 0.25) is 0 Å². The van der Waals surface area contributed by atoms with E-state index < -0.39 is 0 Å². The topological polar surface area (TPSA) is 88.9 Å². The molecule has 30 heavy (non-hydrogen) atoms. The van der Waals surface area contributed by atoms with Crippen molar-refractivity contribution in [3.05, 3.63) is 60.7 Å². The van der Waals surface area contributed by atoms with Crippen molar-refractivity contribution < 1.29 is 9.53 Å². The number of carbonyl (C=O) groups excluding carboxylic acids is 1. The summed E-state index contributed by atoms with van der Waals surface area (Å²) in [5, 5.41) is 7.68. The van der Waals surface area contributed by atoms with Gasteiger partial charge in [-0.2, -0.15) is 5.10 Å². The molecule has 1 saturated heterocycles. The van der Waals surface area contributed by atoms with E-state index in [1.807, 2.05) is 52.1 Å². The summed E-state index contributed by atoms with van der Waals surface area (Å²) in [4.78, 5) is 23.6. The van der Waals surface area contributed by atoms with Gasteiger partial charge in [0.2, 0.25) is 0 Å². The number of methoxy groups -OCH3 is 1. The normalized spacial score (nSPS) is 16.8. The van der Waals surface area contributed by atoms with Crippen molar-refractivity contribution in [2.75, 3.05) is 20.2 Å². The molecule has 4 heterocycles. The molecule has 1 amide bonds. The van der Waals surface area contributed by atoms with Gasteiger partial charge in [0.15, 0.2) is 5.82 Å². The molecule has 1 aliphatic rings. The number of H-pyrrole nitrogens is 1. The van der Waals surface area contributed by atoms with Crippen LogP contribution >= 0.6 is 0 Å². The lowest BCUT2D eigenvalue weighted by atomic mass is 10.1. The van der Waals surface area contributed by atoms with Crippen molar-refractivity contribution in [3.63, 3.8) is 0 Å². The summed E-state index contributed by atoms with van der Waals surface area (Å²) in [5.41, 5.74) is 3.37. The van der Waals surface area contributed by atoms with E-state index in [9.17, 15) is 4.79 Å². The summed E-state index contributed by atoms with van der Waals surface area (Å²) in [7, 11) is 1.70. The Hall–Kier alpha value is -3.52. The second-order valence-corrected chi connectivity index (χ2v) is 7.45. The third-order valence-corrected chi connectivity index (χ3v) is 5.61. The quantitative estimate of drug-likeness (QED) is 0.567. The van der Waals surface area contributed by atoms with Crippen molar-refractivity contribution in [1.82, 2.24) is 29.6 Å². The highest BCUT2D eigenvalue weighted by Crippen LogP contribution is 2.23. The monoisotopic (exact) mass is 402 g/mol. The van der Waals surface area contributed by atoms with E-state index >= 15 is 0 Å². The first-order valence-corrected chi connectivity index (χ1v) is 9.98. The van der Waals surface area contributed by atoms with E-state index in [0.717, 1.165) is 47.5 Å². The van der Waals surface area contributed by atoms with Crippen LogP contribution < -0.4 is 0 Å². The maximum atomic E-state index is 12.9. The van der Waals surface area contributed by atoms with Gasteiger partial charge in [-0.15, -0.1) is 0 Å². The minimum Gasteiger partial charge on any atom is -0.380 e. The molecular weight excluding hydrogens is 380 g/mol. The van der Waals surface area contributed by atoms with Gasteiger partial charge in [-0.05, 0) is 49.2 Å². The van der Waals surface area contributed by atoms with Crippen LogP contribution in [-0.2, 0) is 4.74 Å². The standard InChI is InChI=1S/C22H22N6O2/c1-30-19-3-2-9-27(13-19)22(29)17-11-16-8-10-28(21(16)23-12-17)18-6-4-15(5-7-18)20-24-14-25-26-20/h4-8,10-12,14,19H,2-3,9,13H2,1H3,(H,24,25,26)/t19-/m1/s1. The molecule has 152 valence electrons. The van der Waals surface area contributed by atoms with E-state index in [4.69, 9.17) is 4.74 Å². The van der Waals surface area contributed by atoms with Crippen LogP contribution in [0, 0.1) is 0 Å². The SMILES string of the molecule is CO[C@@H]1CCCN(C(=O)c2cnc3c(ccn3-c3ccc(-c4ncn[nH]4)cc3)c2)C1. The summed E-state index contributed by atoms with van der Waals surface area (Å²) >= 11 is 0. The molecule has 1 aromatic carbocycles. The first-order valence-electron chi connectivity index (χ1n) is 9.98. The van der Waals surface area contributed by atoms with E-state index in [1.165, 1.54) is 6.33 Å². The lowest BCUT2D eigenvalue weighted by molar-refractivity contribution is 0.0269. The van der Waals surface area contributed by atoms with Crippen molar-refractivity contribution in [2.45, 2.75) is 18.9 Å². The number of fused-ring (bicyclic) bond motifs is 1. The molecule has 1 fully saturated rings. The molecule has 4 aromatic rings. The Kier molecular flexibility index (Phi) is 4.76. The Balaban J connectivity index is 1.41. The van der Waals surface area contributed by atoms with Crippen molar-refractivity contribution in [1.29, 1.82) is 0 Å². The van der Waals surface area contributed by atoms with Gasteiger partial charge in [-0.25, -0.2) is 9.97 Å². The molecule has 0 radical (unpaired) electrons. The Bertz CT molecular complexity index is 1170. The summed E-state index contributed by atoms with van der Waals surface area (Å²) < 4.78 is 7.45. The third kappa shape index (κ3) is 3.35. The minimum atomic E-state index is 0.00955. The van der Waals surface area contributed by atoms with Gasteiger partial charge in [0.25, 0.3) is 5.91 Å². The number of pyridine rings is 1. The van der Waals surface area contributed by atoms with Gasteiger partial charge in [-0.3, -0.25) is 9.89 Å². The molecule has 1 N–H and O–H groups in total. The zero-order chi connectivity index (χ0) is 20.5. The Morgan fingerprint density at radius 1 is 1.20 bits per heavy atom. The van der Waals surface area contributed by atoms with E-state index in [-0.39, 0.29) is 12.0 Å². The van der Waals surface area contributed by atoms with Crippen LogP contribution in [0.4, 0.5) is 0 Å². The third-order valence-electron chi connectivity index (χ3n) is 5.61. The smallest absolute Gasteiger partial charge is 0.255 e. The average Bonchev–Trinajstić information content (AvgIpc) is 3.48. The van der Waals surface area contributed by atoms with Gasteiger partial charge in [0, 0.05) is 49.2 Å². The first-order chi connectivity index (χ1) is 14.7. The Labute approximate surface area is 173 Å². The molecule has 3 aromatic heterocycles. The largest absolute Gasteiger partial charge is 0.380 e. The lowest BCUT2D eigenvalue weighted by Crippen LogP contribution is -2.42. The zero-order valence-corrected chi connectivity index (χ0v) is 16.7. The molecule has 1 atom stereocenters. The number of benzene rings is 1. The molecule has 5 rings (SSSR count). The molecule has 0 bridgehead atoms. The van der Waals surface area contributed by atoms with Gasteiger partial charge >= 0.3 is 0 Å². The highest BCUT2D eigenvalue weighted by molar-refractivity contribution is 5.97. The average molecular weight is 402 g/mol. The number of likely N-dealkylation sites (tertiary alicyclic amines) is 1. The zero-order valence-electron chi connectivity index (χ0n) is 16.7. The highest BCUT2D eigenvalue weighted by Gasteiger charge is 2.24. The van der Waals surface area contributed by atoms with Crippen LogP contribution in [0.15, 0.2) is 55.1 Å². The Morgan fingerprint density at radius 2 is 2.07 bits per heavy atom. The summed E-state index contributed by atoms with van der Waals surface area (Å²) in [6.07, 6.45) is 7.19. The molecule has 0 saturated carbocycles. The molecule has 0 aliphatic carbocycles. The fraction of sp³-hybridized carbons (Fsp3) is 0.273. The maximum absolute atomic E-state index is 12.9. The number of hydrogen-bond acceptors (Lipinski definition) is 5. The fourth-order valence-corrected chi connectivity index (χ4v) is 3.97. The summed E-state index contributed by atoms with van der Waals surface area (Å²) in [6.45, 7) is 1.39. The molecular formula is C22H22N6O2. The molecule has 8 heteroatoms. The number of aromatic nitrogens is 5. The van der Waals surface area contributed by atoms with E-state index in [2.05, 4.69) is 20.2 Å². The molecule has 8 nitrogen and oxygen atoms in total. The second kappa shape index (κ2) is 7.72. The minimum absolute atomic E-state index is 0.00955.